The van der Waals surface area contributed by atoms with Gasteiger partial charge in [0.1, 0.15) is 11.6 Å². The van der Waals surface area contributed by atoms with Gasteiger partial charge in [0.2, 0.25) is 0 Å². The van der Waals surface area contributed by atoms with E-state index in [0.29, 0.717) is 36.3 Å². The summed E-state index contributed by atoms with van der Waals surface area (Å²) in [5.74, 6) is -1.30. The smallest absolute Gasteiger partial charge is 0.416 e. The third-order valence-corrected chi connectivity index (χ3v) is 7.25. The molecule has 3 rings (SSSR count). The summed E-state index contributed by atoms with van der Waals surface area (Å²) in [6.07, 6.45) is -0.376. The van der Waals surface area contributed by atoms with Gasteiger partial charge in [-0.3, -0.25) is 9.79 Å². The Kier molecular flexibility index (Phi) is 9.34. The standard InChI is InChI=1S/C27H28F4N2O5S/c1-17(23(9-10-32-2)24-8-7-20(28)15-25(24)37-3)33(16-21-6-5-11-38-21)26(34)18-12-19(27(29,30)31)14-22(13-18)39(4,35)36/h7-10,12-15,21H,2,5-6,11,16H2,1,3-4H3/b10-9-,23-17-/t21-/m0/s1. The van der Waals surface area contributed by atoms with E-state index in [1.165, 1.54) is 36.4 Å². The third kappa shape index (κ3) is 7.33. The van der Waals surface area contributed by atoms with Gasteiger partial charge >= 0.3 is 6.18 Å². The molecule has 1 aliphatic rings. The summed E-state index contributed by atoms with van der Waals surface area (Å²) in [7, 11) is -2.75. The van der Waals surface area contributed by atoms with Crippen LogP contribution in [0.4, 0.5) is 17.6 Å². The van der Waals surface area contributed by atoms with Gasteiger partial charge in [0.05, 0.1) is 30.2 Å². The number of aliphatic imine (C=N–C) groups is 1. The Bertz CT molecular complexity index is 1410. The Morgan fingerprint density at radius 3 is 2.54 bits per heavy atom. The van der Waals surface area contributed by atoms with E-state index in [-0.39, 0.29) is 18.0 Å². The highest BCUT2D eigenvalue weighted by atomic mass is 32.2. The second-order valence-electron chi connectivity index (χ2n) is 8.91. The zero-order valence-corrected chi connectivity index (χ0v) is 22.4. The molecule has 1 heterocycles. The molecule has 2 aromatic rings. The minimum Gasteiger partial charge on any atom is -0.496 e. The number of halogens is 4. The molecule has 39 heavy (non-hydrogen) atoms. The normalized spacial score (nSPS) is 16.7. The molecule has 0 radical (unpaired) electrons. The molecule has 0 aliphatic carbocycles. The third-order valence-electron chi connectivity index (χ3n) is 6.16. The van der Waals surface area contributed by atoms with Gasteiger partial charge in [-0.05, 0) is 62.9 Å². The molecule has 0 aromatic heterocycles. The second-order valence-corrected chi connectivity index (χ2v) is 10.9. The molecule has 1 aliphatic heterocycles. The highest BCUT2D eigenvalue weighted by Gasteiger charge is 2.34. The van der Waals surface area contributed by atoms with Crippen molar-refractivity contribution in [2.75, 3.05) is 26.5 Å². The molecule has 2 aromatic carbocycles. The van der Waals surface area contributed by atoms with Crippen molar-refractivity contribution in [1.29, 1.82) is 0 Å². The van der Waals surface area contributed by atoms with Gasteiger partial charge in [-0.2, -0.15) is 13.2 Å². The van der Waals surface area contributed by atoms with Crippen molar-refractivity contribution < 1.29 is 40.2 Å². The number of allylic oxidation sites excluding steroid dienone is 3. The molecule has 0 spiro atoms. The fraction of sp³-hybridized carbons (Fsp3) is 0.333. The average Bonchev–Trinajstić information content (AvgIpc) is 3.39. The second kappa shape index (κ2) is 12.1. The van der Waals surface area contributed by atoms with E-state index in [1.54, 1.807) is 6.92 Å². The van der Waals surface area contributed by atoms with Crippen LogP contribution in [0, 0.1) is 5.82 Å². The maximum absolute atomic E-state index is 13.9. The molecular formula is C27H28F4N2O5S. The minimum absolute atomic E-state index is 0.0303. The highest BCUT2D eigenvalue weighted by molar-refractivity contribution is 7.90. The lowest BCUT2D eigenvalue weighted by Crippen LogP contribution is -2.36. The van der Waals surface area contributed by atoms with Crippen molar-refractivity contribution in [2.45, 2.75) is 36.9 Å². The first-order chi connectivity index (χ1) is 18.3. The predicted molar refractivity (Wildman–Crippen MR) is 139 cm³/mol. The zero-order chi connectivity index (χ0) is 29.0. The molecular weight excluding hydrogens is 540 g/mol. The molecule has 0 N–H and O–H groups in total. The van der Waals surface area contributed by atoms with E-state index in [1.807, 2.05) is 0 Å². The van der Waals surface area contributed by atoms with E-state index in [4.69, 9.17) is 9.47 Å². The number of carbonyl (C=O) groups excluding carboxylic acids is 1. The van der Waals surface area contributed by atoms with Crippen LogP contribution in [-0.4, -0.2) is 58.6 Å². The quantitative estimate of drug-likeness (QED) is 0.226. The molecule has 210 valence electrons. The fourth-order valence-corrected chi connectivity index (χ4v) is 4.87. The number of amides is 1. The Morgan fingerprint density at radius 1 is 1.26 bits per heavy atom. The summed E-state index contributed by atoms with van der Waals surface area (Å²) < 4.78 is 90.3. The molecule has 1 saturated heterocycles. The van der Waals surface area contributed by atoms with Gasteiger partial charge in [-0.1, -0.05) is 0 Å². The van der Waals surface area contributed by atoms with Crippen molar-refractivity contribution in [1.82, 2.24) is 4.90 Å². The molecule has 1 amide bonds. The van der Waals surface area contributed by atoms with Crippen LogP contribution in [0.15, 0.2) is 64.3 Å². The Hall–Kier alpha value is -3.51. The molecule has 7 nitrogen and oxygen atoms in total. The van der Waals surface area contributed by atoms with E-state index in [9.17, 15) is 30.8 Å². The predicted octanol–water partition coefficient (Wildman–Crippen LogP) is 5.52. The van der Waals surface area contributed by atoms with Crippen LogP contribution in [0.25, 0.3) is 5.57 Å². The van der Waals surface area contributed by atoms with Crippen LogP contribution >= 0.6 is 0 Å². The number of methoxy groups -OCH3 is 1. The Labute approximate surface area is 224 Å². The van der Waals surface area contributed by atoms with Crippen molar-refractivity contribution in [2.24, 2.45) is 4.99 Å². The number of nitrogens with zero attached hydrogens (tertiary/aromatic N) is 2. The first-order valence-electron chi connectivity index (χ1n) is 11.8. The lowest BCUT2D eigenvalue weighted by Gasteiger charge is -2.29. The van der Waals surface area contributed by atoms with E-state index in [0.717, 1.165) is 24.8 Å². The Balaban J connectivity index is 2.27. The summed E-state index contributed by atoms with van der Waals surface area (Å²) in [4.78, 5) is 18.2. The number of ether oxygens (including phenoxy) is 2. The van der Waals surface area contributed by atoms with Gasteiger partial charge in [0, 0.05) is 47.5 Å². The summed E-state index contributed by atoms with van der Waals surface area (Å²) in [5, 5.41) is 0. The first-order valence-corrected chi connectivity index (χ1v) is 13.7. The molecule has 0 saturated carbocycles. The largest absolute Gasteiger partial charge is 0.496 e. The van der Waals surface area contributed by atoms with Crippen LogP contribution in [0.2, 0.25) is 0 Å². The van der Waals surface area contributed by atoms with E-state index < -0.39 is 49.9 Å². The number of rotatable bonds is 9. The summed E-state index contributed by atoms with van der Waals surface area (Å²) in [6.45, 7) is 5.39. The van der Waals surface area contributed by atoms with Gasteiger partial charge in [0.25, 0.3) is 5.91 Å². The zero-order valence-electron chi connectivity index (χ0n) is 21.6. The highest BCUT2D eigenvalue weighted by Crippen LogP contribution is 2.35. The lowest BCUT2D eigenvalue weighted by molar-refractivity contribution is -0.137. The molecule has 1 fully saturated rings. The lowest BCUT2D eigenvalue weighted by atomic mass is 10.0. The topological polar surface area (TPSA) is 85.3 Å². The summed E-state index contributed by atoms with van der Waals surface area (Å²) in [6, 6.07) is 5.80. The molecule has 0 bridgehead atoms. The number of sulfone groups is 1. The van der Waals surface area contributed by atoms with Crippen LogP contribution in [0.5, 0.6) is 5.75 Å². The minimum atomic E-state index is -4.90. The van der Waals surface area contributed by atoms with Gasteiger partial charge in [-0.15, -0.1) is 0 Å². The number of hydrogen-bond acceptors (Lipinski definition) is 6. The van der Waals surface area contributed by atoms with Crippen molar-refractivity contribution in [3.63, 3.8) is 0 Å². The number of benzene rings is 2. The summed E-state index contributed by atoms with van der Waals surface area (Å²) in [5.41, 5.74) is -0.760. The van der Waals surface area contributed by atoms with Gasteiger partial charge in [0.15, 0.2) is 9.84 Å². The molecule has 12 heteroatoms. The summed E-state index contributed by atoms with van der Waals surface area (Å²) >= 11 is 0. The maximum atomic E-state index is 13.9. The number of carbonyl (C=O) groups is 1. The first kappa shape index (κ1) is 30.0. The maximum Gasteiger partial charge on any atom is 0.416 e. The van der Waals surface area contributed by atoms with E-state index in [2.05, 4.69) is 11.7 Å². The van der Waals surface area contributed by atoms with E-state index >= 15 is 0 Å². The fourth-order valence-electron chi connectivity index (χ4n) is 4.19. The van der Waals surface area contributed by atoms with Crippen LogP contribution in [0.1, 0.15) is 41.3 Å². The Morgan fingerprint density at radius 2 is 1.97 bits per heavy atom. The van der Waals surface area contributed by atoms with Crippen molar-refractivity contribution in [3.05, 3.63) is 76.9 Å². The van der Waals surface area contributed by atoms with Gasteiger partial charge < -0.3 is 14.4 Å². The van der Waals surface area contributed by atoms with Crippen molar-refractivity contribution in [3.8, 4) is 5.75 Å². The average molecular weight is 569 g/mol. The number of alkyl halides is 3. The number of hydrogen-bond donors (Lipinski definition) is 0. The molecule has 1 atom stereocenters. The van der Waals surface area contributed by atoms with Crippen LogP contribution in [0.3, 0.4) is 0 Å². The van der Waals surface area contributed by atoms with Crippen molar-refractivity contribution >= 4 is 28.0 Å². The van der Waals surface area contributed by atoms with Gasteiger partial charge in [-0.25, -0.2) is 12.8 Å². The van der Waals surface area contributed by atoms with Crippen LogP contribution in [-0.2, 0) is 20.8 Å². The van der Waals surface area contributed by atoms with Crippen LogP contribution < -0.4 is 4.74 Å². The SMILES string of the molecule is C=N/C=C\C(=C(/C)N(C[C@@H]1CCCO1)C(=O)c1cc(C(F)(F)F)cc(S(C)(=O)=O)c1)c1ccc(F)cc1OC. The molecule has 0 unspecified atom stereocenters. The monoisotopic (exact) mass is 568 g/mol.